The molecule has 2 aromatic rings. The van der Waals surface area contributed by atoms with Gasteiger partial charge in [-0.1, -0.05) is 0 Å². The first-order chi connectivity index (χ1) is 9.53. The Labute approximate surface area is 122 Å². The topological polar surface area (TPSA) is 76.0 Å². The Bertz CT molecular complexity index is 647. The third-order valence-corrected chi connectivity index (χ3v) is 4.97. The molecule has 0 radical (unpaired) electrons. The highest BCUT2D eigenvalue weighted by atomic mass is 32.2. The van der Waals surface area contributed by atoms with Gasteiger partial charge >= 0.3 is 0 Å². The molecule has 0 aliphatic carbocycles. The van der Waals surface area contributed by atoms with E-state index in [0.29, 0.717) is 24.4 Å². The maximum Gasteiger partial charge on any atom is 0.242 e. The summed E-state index contributed by atoms with van der Waals surface area (Å²) < 4.78 is 28.7. The van der Waals surface area contributed by atoms with Crippen molar-refractivity contribution in [3.63, 3.8) is 0 Å². The predicted octanol–water partition coefficient (Wildman–Crippen LogP) is 0.722. The van der Waals surface area contributed by atoms with Crippen molar-refractivity contribution < 1.29 is 8.42 Å². The van der Waals surface area contributed by atoms with Crippen LogP contribution < -0.4 is 10.0 Å². The predicted molar refractivity (Wildman–Crippen MR) is 79.2 cm³/mol. The van der Waals surface area contributed by atoms with Gasteiger partial charge in [-0.15, -0.1) is 11.3 Å². The van der Waals surface area contributed by atoms with Gasteiger partial charge in [0.05, 0.1) is 16.1 Å². The summed E-state index contributed by atoms with van der Waals surface area (Å²) in [6.07, 6.45) is 2.22. The molecule has 0 atom stereocenters. The van der Waals surface area contributed by atoms with E-state index in [1.54, 1.807) is 17.8 Å². The number of hydrogen-bond acceptors (Lipinski definition) is 5. The average molecular weight is 314 g/mol. The largest absolute Gasteiger partial charge is 0.352 e. The summed E-state index contributed by atoms with van der Waals surface area (Å²) in [5.41, 5.74) is 3.57. The number of nitrogens with one attached hydrogen (secondary N) is 2. The lowest BCUT2D eigenvalue weighted by Crippen LogP contribution is -2.25. The van der Waals surface area contributed by atoms with E-state index < -0.39 is 10.0 Å². The van der Waals surface area contributed by atoms with E-state index in [1.807, 2.05) is 24.0 Å². The van der Waals surface area contributed by atoms with Gasteiger partial charge in [-0.25, -0.2) is 18.1 Å². The van der Waals surface area contributed by atoms with Crippen LogP contribution in [0.1, 0.15) is 11.4 Å². The SMILES string of the molecule is CNCc1cc(S(=O)(=O)NCCc2cscn2)cn1C. The van der Waals surface area contributed by atoms with Crippen molar-refractivity contribution in [3.8, 4) is 0 Å². The van der Waals surface area contributed by atoms with Crippen LogP contribution in [0.25, 0.3) is 0 Å². The number of rotatable bonds is 7. The number of nitrogens with zero attached hydrogens (tertiary/aromatic N) is 2. The van der Waals surface area contributed by atoms with E-state index in [1.165, 1.54) is 11.3 Å². The summed E-state index contributed by atoms with van der Waals surface area (Å²) in [7, 11) is 0.204. The first kappa shape index (κ1) is 15.2. The van der Waals surface area contributed by atoms with Crippen molar-refractivity contribution in [2.75, 3.05) is 13.6 Å². The van der Waals surface area contributed by atoms with Crippen LogP contribution in [0.5, 0.6) is 0 Å². The molecule has 20 heavy (non-hydrogen) atoms. The average Bonchev–Trinajstić information content (AvgIpc) is 3.01. The minimum Gasteiger partial charge on any atom is -0.352 e. The molecule has 0 aliphatic heterocycles. The molecule has 2 rings (SSSR count). The van der Waals surface area contributed by atoms with E-state index in [4.69, 9.17) is 0 Å². The standard InChI is InChI=1S/C12H18N4O2S2/c1-13-6-11-5-12(7-16(11)2)20(17,18)15-4-3-10-8-19-9-14-10/h5,7-9,13,15H,3-4,6H2,1-2H3. The molecule has 0 amide bonds. The monoisotopic (exact) mass is 314 g/mol. The van der Waals surface area contributed by atoms with Gasteiger partial charge < -0.3 is 9.88 Å². The van der Waals surface area contributed by atoms with Crippen molar-refractivity contribution in [2.45, 2.75) is 17.9 Å². The van der Waals surface area contributed by atoms with Crippen LogP contribution in [0, 0.1) is 0 Å². The molecule has 6 nitrogen and oxygen atoms in total. The lowest BCUT2D eigenvalue weighted by atomic mass is 10.3. The fourth-order valence-corrected chi connectivity index (χ4v) is 3.56. The minimum absolute atomic E-state index is 0.295. The molecule has 0 saturated heterocycles. The zero-order valence-corrected chi connectivity index (χ0v) is 13.1. The smallest absolute Gasteiger partial charge is 0.242 e. The van der Waals surface area contributed by atoms with Crippen LogP contribution >= 0.6 is 11.3 Å². The van der Waals surface area contributed by atoms with Gasteiger partial charge in [-0.05, 0) is 13.1 Å². The highest BCUT2D eigenvalue weighted by Gasteiger charge is 2.16. The molecule has 8 heteroatoms. The van der Waals surface area contributed by atoms with Crippen LogP contribution in [0.3, 0.4) is 0 Å². The number of thiazole rings is 1. The maximum absolute atomic E-state index is 12.2. The minimum atomic E-state index is -3.46. The van der Waals surface area contributed by atoms with Gasteiger partial charge in [0.15, 0.2) is 0 Å². The molecule has 0 aliphatic rings. The normalized spacial score (nSPS) is 11.9. The van der Waals surface area contributed by atoms with Crippen molar-refractivity contribution >= 4 is 21.4 Å². The summed E-state index contributed by atoms with van der Waals surface area (Å²) >= 11 is 1.51. The van der Waals surface area contributed by atoms with Gasteiger partial charge in [-0.3, -0.25) is 0 Å². The van der Waals surface area contributed by atoms with Crippen LogP contribution in [-0.2, 0) is 30.0 Å². The van der Waals surface area contributed by atoms with Crippen LogP contribution in [0.15, 0.2) is 28.0 Å². The molecule has 0 unspecified atom stereocenters. The Morgan fingerprint density at radius 1 is 1.45 bits per heavy atom. The molecule has 2 N–H and O–H groups in total. The quantitative estimate of drug-likeness (QED) is 0.790. The van der Waals surface area contributed by atoms with E-state index in [0.717, 1.165) is 11.4 Å². The molecule has 0 bridgehead atoms. The second-order valence-electron chi connectivity index (χ2n) is 4.44. The molecule has 0 fully saturated rings. The van der Waals surface area contributed by atoms with Crippen molar-refractivity contribution in [2.24, 2.45) is 7.05 Å². The van der Waals surface area contributed by atoms with Crippen molar-refractivity contribution in [1.82, 2.24) is 19.6 Å². The van der Waals surface area contributed by atoms with E-state index in [-0.39, 0.29) is 0 Å². The Morgan fingerprint density at radius 2 is 2.25 bits per heavy atom. The third kappa shape index (κ3) is 3.66. The van der Waals surface area contributed by atoms with E-state index in [9.17, 15) is 8.42 Å². The van der Waals surface area contributed by atoms with E-state index in [2.05, 4.69) is 15.0 Å². The van der Waals surface area contributed by atoms with Gasteiger partial charge in [-0.2, -0.15) is 0 Å². The maximum atomic E-state index is 12.2. The van der Waals surface area contributed by atoms with Gasteiger partial charge in [0, 0.05) is 43.8 Å². The fourth-order valence-electron chi connectivity index (χ4n) is 1.84. The molecule has 110 valence electrons. The highest BCUT2D eigenvalue weighted by molar-refractivity contribution is 7.89. The third-order valence-electron chi connectivity index (χ3n) is 2.91. The summed E-state index contributed by atoms with van der Waals surface area (Å²) in [5.74, 6) is 0. The van der Waals surface area contributed by atoms with Crippen molar-refractivity contribution in [1.29, 1.82) is 0 Å². The van der Waals surface area contributed by atoms with Gasteiger partial charge in [0.2, 0.25) is 10.0 Å². The number of aryl methyl sites for hydroxylation is 1. The summed E-state index contributed by atoms with van der Waals surface area (Å²) in [4.78, 5) is 4.42. The molecular weight excluding hydrogens is 296 g/mol. The zero-order chi connectivity index (χ0) is 14.6. The number of hydrogen-bond donors (Lipinski definition) is 2. The van der Waals surface area contributed by atoms with Crippen LogP contribution in [0.2, 0.25) is 0 Å². The molecular formula is C12H18N4O2S2. The summed E-state index contributed by atoms with van der Waals surface area (Å²) in [6, 6.07) is 1.68. The van der Waals surface area contributed by atoms with Crippen molar-refractivity contribution in [3.05, 3.63) is 34.5 Å². The molecule has 0 aromatic carbocycles. The molecule has 0 saturated carbocycles. The first-order valence-electron chi connectivity index (χ1n) is 6.19. The van der Waals surface area contributed by atoms with Crippen LogP contribution in [-0.4, -0.2) is 31.6 Å². The Balaban J connectivity index is 2.00. The Hall–Kier alpha value is -1.22. The second kappa shape index (κ2) is 6.49. The second-order valence-corrected chi connectivity index (χ2v) is 6.92. The Morgan fingerprint density at radius 3 is 2.90 bits per heavy atom. The first-order valence-corrected chi connectivity index (χ1v) is 8.62. The molecule has 2 aromatic heterocycles. The molecule has 2 heterocycles. The zero-order valence-electron chi connectivity index (χ0n) is 11.5. The lowest BCUT2D eigenvalue weighted by Gasteiger charge is -2.03. The lowest BCUT2D eigenvalue weighted by molar-refractivity contribution is 0.581. The molecule has 0 spiro atoms. The van der Waals surface area contributed by atoms with Crippen LogP contribution in [0.4, 0.5) is 0 Å². The number of aromatic nitrogens is 2. The highest BCUT2D eigenvalue weighted by Crippen LogP contribution is 2.13. The summed E-state index contributed by atoms with van der Waals surface area (Å²) in [6.45, 7) is 0.979. The van der Waals surface area contributed by atoms with Gasteiger partial charge in [0.25, 0.3) is 0 Å². The fraction of sp³-hybridized carbons (Fsp3) is 0.417. The van der Waals surface area contributed by atoms with Gasteiger partial charge in [0.1, 0.15) is 0 Å². The Kier molecular flexibility index (Phi) is 4.92. The van der Waals surface area contributed by atoms with E-state index >= 15 is 0 Å². The summed E-state index contributed by atoms with van der Waals surface area (Å²) in [5, 5.41) is 4.93. The number of sulfonamides is 1.